The summed E-state index contributed by atoms with van der Waals surface area (Å²) in [4.78, 5) is 24.8. The van der Waals surface area contributed by atoms with Gasteiger partial charge in [0, 0.05) is 26.2 Å². The fraction of sp³-hybridized carbons (Fsp3) is 0.524. The number of methoxy groups -OCH3 is 3. The van der Waals surface area contributed by atoms with Crippen molar-refractivity contribution >= 4 is 11.9 Å². The minimum absolute atomic E-state index is 0.218. The molecule has 0 bridgehead atoms. The Balaban J connectivity index is 1.94. The molecule has 2 aliphatic rings. The van der Waals surface area contributed by atoms with Gasteiger partial charge in [-0.05, 0) is 32.1 Å². The Bertz CT molecular complexity index is 791. The number of esters is 2. The summed E-state index contributed by atoms with van der Waals surface area (Å²) < 4.78 is 34.0. The van der Waals surface area contributed by atoms with Crippen molar-refractivity contribution in [3.05, 3.63) is 47.5 Å². The van der Waals surface area contributed by atoms with Crippen molar-refractivity contribution in [3.63, 3.8) is 0 Å². The van der Waals surface area contributed by atoms with Crippen LogP contribution in [0.25, 0.3) is 0 Å². The third-order valence-electron chi connectivity index (χ3n) is 5.52. The molecule has 0 spiro atoms. The molecule has 3 rings (SSSR count). The predicted octanol–water partition coefficient (Wildman–Crippen LogP) is 2.22. The van der Waals surface area contributed by atoms with Gasteiger partial charge in [-0.2, -0.15) is 0 Å². The van der Waals surface area contributed by atoms with Gasteiger partial charge in [-0.3, -0.25) is 0 Å². The van der Waals surface area contributed by atoms with E-state index in [0.717, 1.165) is 0 Å². The van der Waals surface area contributed by atoms with Crippen molar-refractivity contribution in [2.75, 3.05) is 21.3 Å². The summed E-state index contributed by atoms with van der Waals surface area (Å²) in [6.45, 7) is 3.37. The van der Waals surface area contributed by atoms with Crippen LogP contribution in [0.4, 0.5) is 0 Å². The quantitative estimate of drug-likeness (QED) is 0.688. The highest BCUT2D eigenvalue weighted by molar-refractivity contribution is 5.90. The van der Waals surface area contributed by atoms with E-state index in [1.165, 1.54) is 21.3 Å². The van der Waals surface area contributed by atoms with Gasteiger partial charge >= 0.3 is 11.9 Å². The van der Waals surface area contributed by atoms with Gasteiger partial charge in [-0.25, -0.2) is 9.59 Å². The van der Waals surface area contributed by atoms with Gasteiger partial charge in [0.1, 0.15) is 12.2 Å². The second kappa shape index (κ2) is 8.23. The Labute approximate surface area is 169 Å². The molecular weight excluding hydrogens is 380 g/mol. The molecule has 1 aromatic rings. The van der Waals surface area contributed by atoms with Crippen LogP contribution in [-0.4, -0.2) is 63.2 Å². The SMILES string of the molecule is COC(=O)C1=C[C@H](OC(=O)c2ccccc2)[C@H]2O[C@](C)(OC)[C@@](C)(OC)O[C@@H]2C1. The molecule has 1 fully saturated rings. The van der Waals surface area contributed by atoms with E-state index in [-0.39, 0.29) is 6.42 Å². The molecule has 0 aromatic heterocycles. The van der Waals surface area contributed by atoms with Crippen LogP contribution in [0, 0.1) is 0 Å². The van der Waals surface area contributed by atoms with E-state index >= 15 is 0 Å². The first-order chi connectivity index (χ1) is 13.8. The first kappa shape index (κ1) is 21.4. The molecule has 1 aromatic carbocycles. The van der Waals surface area contributed by atoms with Crippen LogP contribution in [0.5, 0.6) is 0 Å². The number of hydrogen-bond donors (Lipinski definition) is 0. The smallest absolute Gasteiger partial charge is 0.338 e. The zero-order chi connectivity index (χ0) is 21.2. The van der Waals surface area contributed by atoms with Crippen LogP contribution < -0.4 is 0 Å². The average molecular weight is 406 g/mol. The summed E-state index contributed by atoms with van der Waals surface area (Å²) in [6, 6.07) is 8.57. The molecule has 8 heteroatoms. The molecule has 0 saturated carbocycles. The lowest BCUT2D eigenvalue weighted by Gasteiger charge is -2.53. The van der Waals surface area contributed by atoms with Gasteiger partial charge in [0.05, 0.1) is 18.8 Å². The number of benzene rings is 1. The molecule has 1 saturated heterocycles. The average Bonchev–Trinajstić information content (AvgIpc) is 2.74. The lowest BCUT2D eigenvalue weighted by molar-refractivity contribution is -0.452. The van der Waals surface area contributed by atoms with E-state index in [1.54, 1.807) is 50.3 Å². The third kappa shape index (κ3) is 3.93. The number of fused-ring (bicyclic) bond motifs is 1. The van der Waals surface area contributed by atoms with E-state index in [4.69, 9.17) is 28.4 Å². The number of carbonyl (C=O) groups is 2. The van der Waals surface area contributed by atoms with Gasteiger partial charge in [-0.1, -0.05) is 18.2 Å². The van der Waals surface area contributed by atoms with Crippen LogP contribution in [-0.2, 0) is 33.2 Å². The molecule has 158 valence electrons. The number of carbonyl (C=O) groups excluding carboxylic acids is 2. The first-order valence-electron chi connectivity index (χ1n) is 9.28. The summed E-state index contributed by atoms with van der Waals surface area (Å²) in [5, 5.41) is 0. The summed E-state index contributed by atoms with van der Waals surface area (Å²) in [7, 11) is 4.25. The van der Waals surface area contributed by atoms with Crippen LogP contribution in [0.2, 0.25) is 0 Å². The Morgan fingerprint density at radius 1 is 0.966 bits per heavy atom. The Morgan fingerprint density at radius 2 is 1.59 bits per heavy atom. The van der Waals surface area contributed by atoms with Gasteiger partial charge in [0.25, 0.3) is 0 Å². The van der Waals surface area contributed by atoms with Crippen LogP contribution in [0.1, 0.15) is 30.6 Å². The molecule has 1 aliphatic carbocycles. The number of hydrogen-bond acceptors (Lipinski definition) is 8. The van der Waals surface area contributed by atoms with E-state index in [0.29, 0.717) is 11.1 Å². The lowest BCUT2D eigenvalue weighted by atomic mass is 9.89. The first-order valence-corrected chi connectivity index (χ1v) is 9.28. The molecule has 0 radical (unpaired) electrons. The highest BCUT2D eigenvalue weighted by Crippen LogP contribution is 2.43. The van der Waals surface area contributed by atoms with Crippen molar-refractivity contribution in [2.45, 2.75) is 50.2 Å². The number of rotatable bonds is 5. The lowest BCUT2D eigenvalue weighted by Crippen LogP contribution is -2.68. The van der Waals surface area contributed by atoms with Crippen molar-refractivity contribution in [3.8, 4) is 0 Å². The topological polar surface area (TPSA) is 89.5 Å². The predicted molar refractivity (Wildman–Crippen MR) is 101 cm³/mol. The Kier molecular flexibility index (Phi) is 6.09. The summed E-state index contributed by atoms with van der Waals surface area (Å²) in [6.07, 6.45) is -0.440. The number of ether oxygens (including phenoxy) is 6. The third-order valence-corrected chi connectivity index (χ3v) is 5.52. The molecule has 0 N–H and O–H groups in total. The van der Waals surface area contributed by atoms with E-state index < -0.39 is 41.8 Å². The maximum absolute atomic E-state index is 12.6. The van der Waals surface area contributed by atoms with Crippen LogP contribution in [0.15, 0.2) is 42.0 Å². The molecule has 0 amide bonds. The molecule has 29 heavy (non-hydrogen) atoms. The molecular formula is C21H26O8. The van der Waals surface area contributed by atoms with E-state index in [2.05, 4.69) is 0 Å². The van der Waals surface area contributed by atoms with E-state index in [9.17, 15) is 9.59 Å². The Morgan fingerprint density at radius 3 is 2.17 bits per heavy atom. The molecule has 0 unspecified atom stereocenters. The van der Waals surface area contributed by atoms with Gasteiger partial charge in [0.15, 0.2) is 0 Å². The minimum atomic E-state index is -1.27. The van der Waals surface area contributed by atoms with E-state index in [1.807, 2.05) is 0 Å². The van der Waals surface area contributed by atoms with Crippen LogP contribution in [0.3, 0.4) is 0 Å². The molecule has 1 heterocycles. The fourth-order valence-electron chi connectivity index (χ4n) is 3.54. The van der Waals surface area contributed by atoms with Gasteiger partial charge in [-0.15, -0.1) is 0 Å². The van der Waals surface area contributed by atoms with Crippen molar-refractivity contribution in [2.24, 2.45) is 0 Å². The highest BCUT2D eigenvalue weighted by atomic mass is 16.8. The summed E-state index contributed by atoms with van der Waals surface area (Å²) in [5.74, 6) is -3.57. The standard InChI is InChI=1S/C21H26O8/c1-20(25-4)21(2,26-5)29-17-15(27-19(23)13-9-7-6-8-10-13)11-14(18(22)24-3)12-16(17)28-20/h6-11,15-17H,12H2,1-5H3/t15-,16+,17+,20-,21-/m0/s1. The monoisotopic (exact) mass is 406 g/mol. The summed E-state index contributed by atoms with van der Waals surface area (Å²) >= 11 is 0. The highest BCUT2D eigenvalue weighted by Gasteiger charge is 2.59. The minimum Gasteiger partial charge on any atom is -0.466 e. The molecule has 1 aliphatic heterocycles. The Hall–Kier alpha value is -2.26. The maximum atomic E-state index is 12.6. The van der Waals surface area contributed by atoms with Gasteiger partial charge in [0.2, 0.25) is 11.6 Å². The van der Waals surface area contributed by atoms with Crippen molar-refractivity contribution in [1.82, 2.24) is 0 Å². The largest absolute Gasteiger partial charge is 0.466 e. The molecule has 5 atom stereocenters. The second-order valence-corrected chi connectivity index (χ2v) is 7.16. The fourth-order valence-corrected chi connectivity index (χ4v) is 3.54. The second-order valence-electron chi connectivity index (χ2n) is 7.16. The zero-order valence-electron chi connectivity index (χ0n) is 17.2. The van der Waals surface area contributed by atoms with Crippen molar-refractivity contribution < 1.29 is 38.0 Å². The maximum Gasteiger partial charge on any atom is 0.338 e. The molecule has 8 nitrogen and oxygen atoms in total. The van der Waals surface area contributed by atoms with Crippen LogP contribution >= 0.6 is 0 Å². The van der Waals surface area contributed by atoms with Crippen molar-refractivity contribution in [1.29, 1.82) is 0 Å². The summed E-state index contributed by atoms with van der Waals surface area (Å²) in [5.41, 5.74) is 0.721. The normalized spacial score (nSPS) is 34.0. The zero-order valence-corrected chi connectivity index (χ0v) is 17.2. The van der Waals surface area contributed by atoms with Gasteiger partial charge < -0.3 is 28.4 Å².